The van der Waals surface area contributed by atoms with Crippen molar-refractivity contribution in [2.75, 3.05) is 20.6 Å². The lowest BCUT2D eigenvalue weighted by Crippen LogP contribution is -2.35. The molecule has 1 atom stereocenters. The molecule has 1 heterocycles. The van der Waals surface area contributed by atoms with E-state index in [1.807, 2.05) is 6.92 Å². The van der Waals surface area contributed by atoms with Gasteiger partial charge in [-0.1, -0.05) is 0 Å². The number of aryl methyl sites for hydroxylation is 1. The van der Waals surface area contributed by atoms with Crippen molar-refractivity contribution >= 4 is 11.3 Å². The van der Waals surface area contributed by atoms with Gasteiger partial charge in [0.05, 0.1) is 10.7 Å². The number of nitrogens with one attached hydrogen (secondary N) is 1. The Morgan fingerprint density at radius 2 is 2.29 bits per heavy atom. The number of aromatic nitrogens is 1. The minimum atomic E-state index is 0.565. The van der Waals surface area contributed by atoms with E-state index in [1.54, 1.807) is 11.3 Å². The summed E-state index contributed by atoms with van der Waals surface area (Å²) in [6.07, 6.45) is 0. The van der Waals surface area contributed by atoms with Crippen molar-refractivity contribution in [3.63, 3.8) is 0 Å². The standard InChI is InChI=1S/C10H19N3S/c1-8(13(3)4)5-11-6-10-7-14-9(2)12-10/h7-8,11H,5-6H2,1-4H3. The van der Waals surface area contributed by atoms with Gasteiger partial charge in [0.15, 0.2) is 0 Å². The van der Waals surface area contributed by atoms with E-state index in [1.165, 1.54) is 0 Å². The van der Waals surface area contributed by atoms with E-state index in [0.717, 1.165) is 23.8 Å². The smallest absolute Gasteiger partial charge is 0.0897 e. The average Bonchev–Trinajstić information content (AvgIpc) is 2.51. The van der Waals surface area contributed by atoms with Gasteiger partial charge in [-0.3, -0.25) is 0 Å². The molecule has 14 heavy (non-hydrogen) atoms. The maximum absolute atomic E-state index is 4.39. The van der Waals surface area contributed by atoms with Crippen LogP contribution in [0, 0.1) is 6.92 Å². The van der Waals surface area contributed by atoms with Gasteiger partial charge in [-0.05, 0) is 27.9 Å². The summed E-state index contributed by atoms with van der Waals surface area (Å²) in [5, 5.41) is 6.65. The lowest BCUT2D eigenvalue weighted by Gasteiger charge is -2.19. The van der Waals surface area contributed by atoms with Crippen molar-refractivity contribution in [3.05, 3.63) is 16.1 Å². The van der Waals surface area contributed by atoms with Gasteiger partial charge in [0, 0.05) is 24.5 Å². The quantitative estimate of drug-likeness (QED) is 0.803. The fourth-order valence-corrected chi connectivity index (χ4v) is 1.69. The Bertz CT molecular complexity index is 270. The monoisotopic (exact) mass is 213 g/mol. The van der Waals surface area contributed by atoms with E-state index in [4.69, 9.17) is 0 Å². The third-order valence-electron chi connectivity index (χ3n) is 2.29. The topological polar surface area (TPSA) is 28.2 Å². The summed E-state index contributed by atoms with van der Waals surface area (Å²) >= 11 is 1.71. The second kappa shape index (κ2) is 5.44. The zero-order valence-corrected chi connectivity index (χ0v) is 10.2. The van der Waals surface area contributed by atoms with E-state index in [0.29, 0.717) is 6.04 Å². The normalized spacial score (nSPS) is 13.5. The summed E-state index contributed by atoms with van der Waals surface area (Å²) in [5.74, 6) is 0. The van der Waals surface area contributed by atoms with Gasteiger partial charge < -0.3 is 10.2 Å². The molecule has 0 aliphatic heterocycles. The zero-order valence-electron chi connectivity index (χ0n) is 9.37. The molecule has 1 aromatic heterocycles. The summed E-state index contributed by atoms with van der Waals surface area (Å²) in [6.45, 7) is 6.13. The molecule has 4 heteroatoms. The van der Waals surface area contributed by atoms with E-state index in [-0.39, 0.29) is 0 Å². The van der Waals surface area contributed by atoms with Crippen LogP contribution in [0.1, 0.15) is 17.6 Å². The molecule has 0 aliphatic carbocycles. The minimum Gasteiger partial charge on any atom is -0.310 e. The van der Waals surface area contributed by atoms with Crippen LogP contribution in [0.2, 0.25) is 0 Å². The summed E-state index contributed by atoms with van der Waals surface area (Å²) < 4.78 is 0. The average molecular weight is 213 g/mol. The van der Waals surface area contributed by atoms with Gasteiger partial charge in [0.2, 0.25) is 0 Å². The number of hydrogen-bond acceptors (Lipinski definition) is 4. The first-order chi connectivity index (χ1) is 6.59. The predicted molar refractivity (Wildman–Crippen MR) is 61.7 cm³/mol. The third-order valence-corrected chi connectivity index (χ3v) is 3.12. The molecule has 1 aromatic rings. The Kier molecular flexibility index (Phi) is 4.51. The van der Waals surface area contributed by atoms with Crippen LogP contribution in [0.5, 0.6) is 0 Å². The molecule has 1 N–H and O–H groups in total. The van der Waals surface area contributed by atoms with Crippen molar-refractivity contribution in [2.24, 2.45) is 0 Å². The molecule has 0 aliphatic rings. The lowest BCUT2D eigenvalue weighted by molar-refractivity contribution is 0.302. The molecular formula is C10H19N3S. The highest BCUT2D eigenvalue weighted by Gasteiger charge is 2.03. The van der Waals surface area contributed by atoms with Gasteiger partial charge >= 0.3 is 0 Å². The Hall–Kier alpha value is -0.450. The molecule has 80 valence electrons. The first-order valence-corrected chi connectivity index (χ1v) is 5.75. The second-order valence-corrected chi connectivity index (χ2v) is 4.86. The van der Waals surface area contributed by atoms with E-state index < -0.39 is 0 Å². The van der Waals surface area contributed by atoms with Crippen LogP contribution in [0.15, 0.2) is 5.38 Å². The van der Waals surface area contributed by atoms with Crippen LogP contribution in [-0.4, -0.2) is 36.6 Å². The molecule has 3 nitrogen and oxygen atoms in total. The van der Waals surface area contributed by atoms with E-state index in [2.05, 4.69) is 41.6 Å². The fraction of sp³-hybridized carbons (Fsp3) is 0.700. The number of nitrogens with zero attached hydrogens (tertiary/aromatic N) is 2. The van der Waals surface area contributed by atoms with Crippen molar-refractivity contribution in [1.29, 1.82) is 0 Å². The van der Waals surface area contributed by atoms with Gasteiger partial charge in [-0.25, -0.2) is 4.98 Å². The molecule has 1 unspecified atom stereocenters. The maximum atomic E-state index is 4.39. The van der Waals surface area contributed by atoms with Crippen molar-refractivity contribution in [2.45, 2.75) is 26.4 Å². The van der Waals surface area contributed by atoms with Crippen molar-refractivity contribution in [3.8, 4) is 0 Å². The fourth-order valence-electron chi connectivity index (χ4n) is 1.08. The number of hydrogen-bond donors (Lipinski definition) is 1. The Labute approximate surface area is 90.2 Å². The minimum absolute atomic E-state index is 0.565. The van der Waals surface area contributed by atoms with Crippen molar-refractivity contribution < 1.29 is 0 Å². The highest BCUT2D eigenvalue weighted by atomic mass is 32.1. The molecule has 0 aromatic carbocycles. The Morgan fingerprint density at radius 3 is 2.79 bits per heavy atom. The van der Waals surface area contributed by atoms with Crippen LogP contribution in [-0.2, 0) is 6.54 Å². The third kappa shape index (κ3) is 3.74. The molecular weight excluding hydrogens is 194 g/mol. The van der Waals surface area contributed by atoms with Gasteiger partial charge in [-0.2, -0.15) is 0 Å². The van der Waals surface area contributed by atoms with Crippen LogP contribution in [0.4, 0.5) is 0 Å². The predicted octanol–water partition coefficient (Wildman–Crippen LogP) is 1.49. The SMILES string of the molecule is Cc1nc(CNCC(C)N(C)C)cs1. The Morgan fingerprint density at radius 1 is 1.57 bits per heavy atom. The number of likely N-dealkylation sites (N-methyl/N-ethyl adjacent to an activating group) is 1. The van der Waals surface area contributed by atoms with E-state index >= 15 is 0 Å². The van der Waals surface area contributed by atoms with Gasteiger partial charge in [-0.15, -0.1) is 11.3 Å². The number of thiazole rings is 1. The molecule has 0 bridgehead atoms. The Balaban J connectivity index is 2.22. The lowest BCUT2D eigenvalue weighted by atomic mass is 10.3. The summed E-state index contributed by atoms with van der Waals surface area (Å²) in [6, 6.07) is 0.565. The van der Waals surface area contributed by atoms with Crippen LogP contribution >= 0.6 is 11.3 Å². The van der Waals surface area contributed by atoms with Crippen LogP contribution in [0.25, 0.3) is 0 Å². The summed E-state index contributed by atoms with van der Waals surface area (Å²) in [5.41, 5.74) is 1.15. The number of rotatable bonds is 5. The van der Waals surface area contributed by atoms with Gasteiger partial charge in [0.25, 0.3) is 0 Å². The second-order valence-electron chi connectivity index (χ2n) is 3.80. The van der Waals surface area contributed by atoms with Crippen LogP contribution in [0.3, 0.4) is 0 Å². The molecule has 0 radical (unpaired) electrons. The first kappa shape index (κ1) is 11.6. The van der Waals surface area contributed by atoms with Crippen LogP contribution < -0.4 is 5.32 Å². The van der Waals surface area contributed by atoms with Crippen molar-refractivity contribution in [1.82, 2.24) is 15.2 Å². The molecule has 0 fully saturated rings. The first-order valence-electron chi connectivity index (χ1n) is 4.87. The molecule has 0 amide bonds. The largest absolute Gasteiger partial charge is 0.310 e. The molecule has 1 rings (SSSR count). The van der Waals surface area contributed by atoms with E-state index in [9.17, 15) is 0 Å². The highest BCUT2D eigenvalue weighted by Crippen LogP contribution is 2.07. The zero-order chi connectivity index (χ0) is 10.6. The molecule has 0 spiro atoms. The van der Waals surface area contributed by atoms with Gasteiger partial charge in [0.1, 0.15) is 0 Å². The summed E-state index contributed by atoms with van der Waals surface area (Å²) in [4.78, 5) is 6.60. The summed E-state index contributed by atoms with van der Waals surface area (Å²) in [7, 11) is 4.19. The molecule has 0 saturated heterocycles. The molecule has 0 saturated carbocycles. The highest BCUT2D eigenvalue weighted by molar-refractivity contribution is 7.09. The maximum Gasteiger partial charge on any atom is 0.0897 e.